The molecular weight excluding hydrogens is 496 g/mol. The third kappa shape index (κ3) is 3.37. The lowest BCUT2D eigenvalue weighted by Gasteiger charge is -2.29. The van der Waals surface area contributed by atoms with Crippen molar-refractivity contribution in [2.24, 2.45) is 5.92 Å². The average Bonchev–Trinajstić information content (AvgIpc) is 3.30. The summed E-state index contributed by atoms with van der Waals surface area (Å²) in [5.41, 5.74) is 1.91. The lowest BCUT2D eigenvalue weighted by atomic mass is 9.90. The summed E-state index contributed by atoms with van der Waals surface area (Å²) >= 11 is 9.63. The number of benzene rings is 3. The Morgan fingerprint density at radius 2 is 1.69 bits per heavy atom. The number of nitrogens with zero attached hydrogens (tertiary/aromatic N) is 2. The summed E-state index contributed by atoms with van der Waals surface area (Å²) in [4.78, 5) is 34.3. The summed E-state index contributed by atoms with van der Waals surface area (Å²) in [7, 11) is 1.58. The number of carbonyl (C=O) groups is 2. The predicted molar refractivity (Wildman–Crippen MR) is 125 cm³/mol. The summed E-state index contributed by atoms with van der Waals surface area (Å²) in [6, 6.07) is 21.1. The van der Waals surface area contributed by atoms with Crippen molar-refractivity contribution >= 4 is 50.7 Å². The average molecular weight is 514 g/mol. The lowest BCUT2D eigenvalue weighted by Crippen LogP contribution is -2.37. The van der Waals surface area contributed by atoms with Crippen LogP contribution in [0.25, 0.3) is 0 Å². The first-order valence-electron chi connectivity index (χ1n) is 9.97. The topological polar surface area (TPSA) is 59.1 Å². The Bertz CT molecular complexity index is 1210. The zero-order valence-electron chi connectivity index (χ0n) is 16.9. The molecule has 0 aliphatic carbocycles. The van der Waals surface area contributed by atoms with Crippen LogP contribution >= 0.6 is 27.5 Å². The van der Waals surface area contributed by atoms with E-state index in [2.05, 4.69) is 15.9 Å². The summed E-state index contributed by atoms with van der Waals surface area (Å²) in [5.74, 6) is -0.915. The number of methoxy groups -OCH3 is 1. The third-order valence-corrected chi connectivity index (χ3v) is 6.43. The zero-order chi connectivity index (χ0) is 22.4. The lowest BCUT2D eigenvalue weighted by molar-refractivity contribution is -0.126. The zero-order valence-corrected chi connectivity index (χ0v) is 19.3. The number of para-hydroxylation sites is 1. The van der Waals surface area contributed by atoms with Crippen molar-refractivity contribution in [1.82, 2.24) is 0 Å². The third-order valence-electron chi connectivity index (χ3n) is 5.70. The molecule has 0 saturated carbocycles. The first-order chi connectivity index (χ1) is 15.5. The van der Waals surface area contributed by atoms with Crippen LogP contribution < -0.4 is 14.7 Å². The molecule has 2 amide bonds. The van der Waals surface area contributed by atoms with Crippen LogP contribution in [-0.2, 0) is 14.4 Å². The molecule has 162 valence electrons. The highest BCUT2D eigenvalue weighted by Crippen LogP contribution is 2.50. The molecule has 0 unspecified atom stereocenters. The second-order valence-electron chi connectivity index (χ2n) is 7.54. The first kappa shape index (κ1) is 21.0. The monoisotopic (exact) mass is 512 g/mol. The number of fused-ring (bicyclic) bond motifs is 1. The Labute approximate surface area is 198 Å². The SMILES string of the molecule is COc1ccc(Br)cc1[C@H]1[C@H]2C(=O)N(c3cccc(Cl)c3)C(=O)[C@H]2ON1c1ccccc1. The van der Waals surface area contributed by atoms with Crippen LogP contribution in [0.15, 0.2) is 77.3 Å². The van der Waals surface area contributed by atoms with Gasteiger partial charge >= 0.3 is 0 Å². The van der Waals surface area contributed by atoms with E-state index in [0.717, 1.165) is 15.7 Å². The van der Waals surface area contributed by atoms with Gasteiger partial charge in [0.1, 0.15) is 11.7 Å². The van der Waals surface area contributed by atoms with Crippen molar-refractivity contribution in [2.45, 2.75) is 12.1 Å². The maximum absolute atomic E-state index is 13.7. The molecule has 2 heterocycles. The Hall–Kier alpha value is -2.87. The first-order valence-corrected chi connectivity index (χ1v) is 11.1. The van der Waals surface area contributed by atoms with Crippen molar-refractivity contribution in [3.05, 3.63) is 87.9 Å². The number of hydrogen-bond acceptors (Lipinski definition) is 5. The van der Waals surface area contributed by atoms with Crippen molar-refractivity contribution in [2.75, 3.05) is 17.1 Å². The molecule has 0 bridgehead atoms. The normalized spacial score (nSPS) is 22.4. The van der Waals surface area contributed by atoms with Crippen LogP contribution in [0.3, 0.4) is 0 Å². The Morgan fingerprint density at radius 3 is 2.41 bits per heavy atom. The van der Waals surface area contributed by atoms with E-state index in [4.69, 9.17) is 21.2 Å². The van der Waals surface area contributed by atoms with Crippen LogP contribution in [-0.4, -0.2) is 25.0 Å². The Morgan fingerprint density at radius 1 is 0.938 bits per heavy atom. The van der Waals surface area contributed by atoms with E-state index >= 15 is 0 Å². The predicted octanol–water partition coefficient (Wildman–Crippen LogP) is 5.16. The molecule has 2 fully saturated rings. The smallest absolute Gasteiger partial charge is 0.266 e. The number of imide groups is 1. The van der Waals surface area contributed by atoms with Gasteiger partial charge in [0.2, 0.25) is 5.91 Å². The van der Waals surface area contributed by atoms with E-state index in [9.17, 15) is 9.59 Å². The van der Waals surface area contributed by atoms with Gasteiger partial charge in [-0.3, -0.25) is 14.4 Å². The van der Waals surface area contributed by atoms with Crippen LogP contribution in [0.2, 0.25) is 5.02 Å². The molecule has 0 N–H and O–H groups in total. The number of hydroxylamine groups is 1. The number of amides is 2. The Kier molecular flexibility index (Phi) is 5.41. The fourth-order valence-electron chi connectivity index (χ4n) is 4.34. The minimum absolute atomic E-state index is 0.340. The summed E-state index contributed by atoms with van der Waals surface area (Å²) in [6.45, 7) is 0. The van der Waals surface area contributed by atoms with Crippen LogP contribution in [0.4, 0.5) is 11.4 Å². The van der Waals surface area contributed by atoms with Gasteiger partial charge in [-0.25, -0.2) is 9.96 Å². The second kappa shape index (κ2) is 8.24. The van der Waals surface area contributed by atoms with E-state index in [0.29, 0.717) is 16.5 Å². The molecule has 3 atom stereocenters. The number of ether oxygens (including phenoxy) is 1. The van der Waals surface area contributed by atoms with Gasteiger partial charge in [0.15, 0.2) is 6.10 Å². The molecule has 6 nitrogen and oxygen atoms in total. The fourth-order valence-corrected chi connectivity index (χ4v) is 4.90. The van der Waals surface area contributed by atoms with Gasteiger partial charge in [0.05, 0.1) is 24.5 Å². The highest BCUT2D eigenvalue weighted by Gasteiger charge is 2.60. The number of anilines is 2. The fraction of sp³-hybridized carbons (Fsp3) is 0.167. The van der Waals surface area contributed by atoms with Crippen molar-refractivity contribution in [3.63, 3.8) is 0 Å². The van der Waals surface area contributed by atoms with Crippen LogP contribution in [0.1, 0.15) is 11.6 Å². The highest BCUT2D eigenvalue weighted by molar-refractivity contribution is 9.10. The maximum atomic E-state index is 13.7. The standard InChI is InChI=1S/C24H18BrClN2O4/c1-31-19-11-10-14(25)12-18(19)21-20-22(32-28(21)16-7-3-2-4-8-16)24(30)27(23(20)29)17-9-5-6-15(26)13-17/h2-13,20-22H,1H3/t20-,21+,22+/m1/s1. The van der Waals surface area contributed by atoms with Gasteiger partial charge in [0, 0.05) is 15.1 Å². The van der Waals surface area contributed by atoms with Crippen molar-refractivity contribution in [3.8, 4) is 5.75 Å². The van der Waals surface area contributed by atoms with Crippen molar-refractivity contribution in [1.29, 1.82) is 0 Å². The summed E-state index contributed by atoms with van der Waals surface area (Å²) < 4.78 is 6.43. The molecule has 3 aromatic rings. The van der Waals surface area contributed by atoms with Crippen LogP contribution in [0, 0.1) is 5.92 Å². The molecule has 8 heteroatoms. The molecular formula is C24H18BrClN2O4. The van der Waals surface area contributed by atoms with Gasteiger partial charge in [0.25, 0.3) is 5.91 Å². The van der Waals surface area contributed by atoms with Gasteiger partial charge in [-0.1, -0.05) is 51.8 Å². The Balaban J connectivity index is 1.64. The number of carbonyl (C=O) groups excluding carboxylic acids is 2. The van der Waals surface area contributed by atoms with Crippen molar-refractivity contribution < 1.29 is 19.2 Å². The number of hydrogen-bond donors (Lipinski definition) is 0. The molecule has 5 rings (SSSR count). The van der Waals surface area contributed by atoms with Gasteiger partial charge in [-0.15, -0.1) is 0 Å². The minimum atomic E-state index is -0.963. The highest BCUT2D eigenvalue weighted by atomic mass is 79.9. The quantitative estimate of drug-likeness (QED) is 0.451. The maximum Gasteiger partial charge on any atom is 0.266 e. The van der Waals surface area contributed by atoms with E-state index in [-0.39, 0.29) is 5.91 Å². The molecule has 2 aliphatic rings. The molecule has 2 aliphatic heterocycles. The largest absolute Gasteiger partial charge is 0.496 e. The second-order valence-corrected chi connectivity index (χ2v) is 8.89. The summed E-state index contributed by atoms with van der Waals surface area (Å²) in [6.07, 6.45) is -0.963. The number of halogens is 2. The molecule has 0 aromatic heterocycles. The van der Waals surface area contributed by atoms with E-state index in [1.54, 1.807) is 36.4 Å². The van der Waals surface area contributed by atoms with Gasteiger partial charge in [-0.05, 0) is 48.5 Å². The minimum Gasteiger partial charge on any atom is -0.496 e. The molecule has 2 saturated heterocycles. The van der Waals surface area contributed by atoms with Gasteiger partial charge in [-0.2, -0.15) is 0 Å². The van der Waals surface area contributed by atoms with Crippen LogP contribution in [0.5, 0.6) is 5.75 Å². The number of rotatable bonds is 4. The molecule has 32 heavy (non-hydrogen) atoms. The molecule has 0 spiro atoms. The summed E-state index contributed by atoms with van der Waals surface area (Å²) in [5, 5.41) is 2.09. The van der Waals surface area contributed by atoms with Gasteiger partial charge < -0.3 is 4.74 Å². The molecule has 3 aromatic carbocycles. The molecule has 0 radical (unpaired) electrons. The van der Waals surface area contributed by atoms with E-state index in [1.165, 1.54) is 4.90 Å². The van der Waals surface area contributed by atoms with E-state index < -0.39 is 24.0 Å². The van der Waals surface area contributed by atoms with E-state index in [1.807, 2.05) is 48.5 Å².